The van der Waals surface area contributed by atoms with E-state index in [4.69, 9.17) is 0 Å². The molecule has 0 spiro atoms. The highest BCUT2D eigenvalue weighted by atomic mass is 16.2. The summed E-state index contributed by atoms with van der Waals surface area (Å²) in [6.45, 7) is 0.863. The summed E-state index contributed by atoms with van der Waals surface area (Å²) in [6.07, 6.45) is 0.861. The first-order valence-electron chi connectivity index (χ1n) is 9.57. The molecule has 0 saturated carbocycles. The minimum absolute atomic E-state index is 0.0396. The highest BCUT2D eigenvalue weighted by molar-refractivity contribution is 6.21. The lowest BCUT2D eigenvalue weighted by Crippen LogP contribution is -2.30. The van der Waals surface area contributed by atoms with Crippen LogP contribution in [0.4, 0.5) is 5.69 Å². The average Bonchev–Trinajstić information content (AvgIpc) is 3.29. The summed E-state index contributed by atoms with van der Waals surface area (Å²) in [7, 11) is 0. The summed E-state index contributed by atoms with van der Waals surface area (Å²) in [5, 5.41) is 0. The molecule has 0 aromatic heterocycles. The van der Waals surface area contributed by atoms with Crippen LogP contribution in [-0.4, -0.2) is 29.2 Å². The van der Waals surface area contributed by atoms with Crippen LogP contribution in [0.15, 0.2) is 72.8 Å². The highest BCUT2D eigenvalue weighted by Gasteiger charge is 2.35. The number of anilines is 1. The SMILES string of the molecule is O=C1c2ccccc2C(=O)N1Cc1ccc(C(=O)N2CCc3ccccc32)cc1. The van der Waals surface area contributed by atoms with Gasteiger partial charge in [0.15, 0.2) is 0 Å². The molecule has 0 fully saturated rings. The first-order valence-corrected chi connectivity index (χ1v) is 9.57. The van der Waals surface area contributed by atoms with Crippen molar-refractivity contribution in [2.75, 3.05) is 11.4 Å². The molecule has 142 valence electrons. The van der Waals surface area contributed by atoms with Crippen molar-refractivity contribution in [1.82, 2.24) is 4.90 Å². The molecule has 2 heterocycles. The van der Waals surface area contributed by atoms with Crippen LogP contribution in [0.25, 0.3) is 0 Å². The third-order valence-corrected chi connectivity index (χ3v) is 5.55. The molecule has 0 radical (unpaired) electrons. The second kappa shape index (κ2) is 6.71. The number of amides is 3. The lowest BCUT2D eigenvalue weighted by molar-refractivity contribution is 0.0642. The summed E-state index contributed by atoms with van der Waals surface area (Å²) in [6, 6.07) is 21.9. The first-order chi connectivity index (χ1) is 14.1. The number of benzene rings is 3. The molecule has 3 aromatic carbocycles. The van der Waals surface area contributed by atoms with Crippen molar-refractivity contribution in [1.29, 1.82) is 0 Å². The Morgan fingerprint density at radius 2 is 1.41 bits per heavy atom. The van der Waals surface area contributed by atoms with E-state index < -0.39 is 0 Å². The molecular formula is C24H18N2O3. The summed E-state index contributed by atoms with van der Waals surface area (Å²) < 4.78 is 0. The molecule has 0 aliphatic carbocycles. The number of hydrogen-bond donors (Lipinski definition) is 0. The van der Waals surface area contributed by atoms with E-state index in [0.717, 1.165) is 17.7 Å². The average molecular weight is 382 g/mol. The van der Waals surface area contributed by atoms with Crippen molar-refractivity contribution in [2.45, 2.75) is 13.0 Å². The Morgan fingerprint density at radius 3 is 2.10 bits per heavy atom. The summed E-state index contributed by atoms with van der Waals surface area (Å²) in [5.41, 5.74) is 4.43. The fourth-order valence-corrected chi connectivity index (χ4v) is 4.02. The van der Waals surface area contributed by atoms with Gasteiger partial charge in [-0.15, -0.1) is 0 Å². The van der Waals surface area contributed by atoms with Crippen molar-refractivity contribution in [3.05, 3.63) is 101 Å². The Labute approximate surface area is 168 Å². The molecule has 0 N–H and O–H groups in total. The minimum Gasteiger partial charge on any atom is -0.308 e. The van der Waals surface area contributed by atoms with Gasteiger partial charge in [0, 0.05) is 17.8 Å². The van der Waals surface area contributed by atoms with Crippen LogP contribution in [0.2, 0.25) is 0 Å². The van der Waals surface area contributed by atoms with Gasteiger partial charge >= 0.3 is 0 Å². The van der Waals surface area contributed by atoms with Gasteiger partial charge in [-0.1, -0.05) is 42.5 Å². The second-order valence-corrected chi connectivity index (χ2v) is 7.27. The van der Waals surface area contributed by atoms with Gasteiger partial charge in [0.05, 0.1) is 17.7 Å². The Bertz CT molecular complexity index is 1120. The minimum atomic E-state index is -0.278. The fraction of sp³-hybridized carbons (Fsp3) is 0.125. The Morgan fingerprint density at radius 1 is 0.793 bits per heavy atom. The van der Waals surface area contributed by atoms with Crippen LogP contribution in [-0.2, 0) is 13.0 Å². The Balaban J connectivity index is 1.33. The van der Waals surface area contributed by atoms with Crippen LogP contribution in [0, 0.1) is 0 Å². The van der Waals surface area contributed by atoms with Crippen molar-refractivity contribution < 1.29 is 14.4 Å². The zero-order chi connectivity index (χ0) is 20.0. The summed E-state index contributed by atoms with van der Waals surface area (Å²) in [5.74, 6) is -0.596. The molecule has 2 aliphatic rings. The number of carbonyl (C=O) groups is 3. The van der Waals surface area contributed by atoms with E-state index in [2.05, 4.69) is 0 Å². The lowest BCUT2D eigenvalue weighted by Gasteiger charge is -2.18. The maximum Gasteiger partial charge on any atom is 0.261 e. The molecule has 0 bridgehead atoms. The molecule has 29 heavy (non-hydrogen) atoms. The zero-order valence-electron chi connectivity index (χ0n) is 15.7. The molecule has 2 aliphatic heterocycles. The van der Waals surface area contributed by atoms with E-state index in [1.807, 2.05) is 24.3 Å². The molecule has 3 amide bonds. The number of fused-ring (bicyclic) bond motifs is 2. The second-order valence-electron chi connectivity index (χ2n) is 7.27. The normalized spacial score (nSPS) is 14.9. The standard InChI is InChI=1S/C24H18N2O3/c27-22(25-14-13-17-5-1-4-8-21(17)25)18-11-9-16(10-12-18)15-26-23(28)19-6-2-3-7-20(19)24(26)29/h1-12H,13-15H2. The van der Waals surface area contributed by atoms with Gasteiger partial charge in [0.2, 0.25) is 0 Å². The number of imide groups is 1. The number of hydrogen-bond acceptors (Lipinski definition) is 3. The van der Waals surface area contributed by atoms with Gasteiger partial charge in [0.25, 0.3) is 17.7 Å². The molecule has 5 heteroatoms. The number of rotatable bonds is 3. The van der Waals surface area contributed by atoms with E-state index in [1.54, 1.807) is 53.4 Å². The third-order valence-electron chi connectivity index (χ3n) is 5.55. The maximum atomic E-state index is 12.9. The number of nitrogens with zero attached hydrogens (tertiary/aromatic N) is 2. The van der Waals surface area contributed by atoms with E-state index in [-0.39, 0.29) is 24.3 Å². The van der Waals surface area contributed by atoms with E-state index in [0.29, 0.717) is 23.2 Å². The summed E-state index contributed by atoms with van der Waals surface area (Å²) in [4.78, 5) is 41.0. The molecule has 0 unspecified atom stereocenters. The van der Waals surface area contributed by atoms with Gasteiger partial charge < -0.3 is 4.90 Å². The zero-order valence-corrected chi connectivity index (χ0v) is 15.7. The number of carbonyl (C=O) groups excluding carboxylic acids is 3. The summed E-state index contributed by atoms with van der Waals surface area (Å²) >= 11 is 0. The van der Waals surface area contributed by atoms with Gasteiger partial charge in [-0.2, -0.15) is 0 Å². The maximum absolute atomic E-state index is 12.9. The van der Waals surface area contributed by atoms with Gasteiger partial charge in [0.1, 0.15) is 0 Å². The van der Waals surface area contributed by atoms with Gasteiger partial charge in [-0.25, -0.2) is 0 Å². The van der Waals surface area contributed by atoms with E-state index >= 15 is 0 Å². The largest absolute Gasteiger partial charge is 0.308 e. The molecular weight excluding hydrogens is 364 g/mol. The van der Waals surface area contributed by atoms with Crippen molar-refractivity contribution in [3.8, 4) is 0 Å². The molecule has 0 atom stereocenters. The van der Waals surface area contributed by atoms with Crippen LogP contribution in [0.3, 0.4) is 0 Å². The fourth-order valence-electron chi connectivity index (χ4n) is 4.02. The van der Waals surface area contributed by atoms with E-state index in [9.17, 15) is 14.4 Å². The quantitative estimate of drug-likeness (QED) is 0.649. The van der Waals surface area contributed by atoms with Crippen LogP contribution < -0.4 is 4.90 Å². The molecule has 5 nitrogen and oxygen atoms in total. The number of para-hydroxylation sites is 1. The Hall–Kier alpha value is -3.73. The van der Waals surface area contributed by atoms with Gasteiger partial charge in [-0.3, -0.25) is 19.3 Å². The van der Waals surface area contributed by atoms with Crippen LogP contribution in [0.5, 0.6) is 0 Å². The predicted molar refractivity (Wildman–Crippen MR) is 109 cm³/mol. The first kappa shape index (κ1) is 17.4. The molecule has 5 rings (SSSR count). The monoisotopic (exact) mass is 382 g/mol. The molecule has 0 saturated heterocycles. The van der Waals surface area contributed by atoms with Crippen LogP contribution in [0.1, 0.15) is 42.2 Å². The van der Waals surface area contributed by atoms with Crippen molar-refractivity contribution in [2.24, 2.45) is 0 Å². The topological polar surface area (TPSA) is 57.7 Å². The Kier molecular flexibility index (Phi) is 4.02. The van der Waals surface area contributed by atoms with Crippen molar-refractivity contribution >= 4 is 23.4 Å². The van der Waals surface area contributed by atoms with Gasteiger partial charge in [-0.05, 0) is 47.9 Å². The smallest absolute Gasteiger partial charge is 0.261 e. The molecule has 3 aromatic rings. The van der Waals surface area contributed by atoms with Crippen molar-refractivity contribution in [3.63, 3.8) is 0 Å². The highest BCUT2D eigenvalue weighted by Crippen LogP contribution is 2.29. The van der Waals surface area contributed by atoms with Crippen LogP contribution >= 0.6 is 0 Å². The predicted octanol–water partition coefficient (Wildman–Crippen LogP) is 3.69. The third kappa shape index (κ3) is 2.83. The van der Waals surface area contributed by atoms with E-state index in [1.165, 1.54) is 10.5 Å². The lowest BCUT2D eigenvalue weighted by atomic mass is 10.1.